The predicted octanol–water partition coefficient (Wildman–Crippen LogP) is 7.22. The number of nitrogens with one attached hydrogen (secondary N) is 1. The second-order valence-electron chi connectivity index (χ2n) is 14.8. The number of pyridine rings is 2. The maximum atomic E-state index is 14.8. The van der Waals surface area contributed by atoms with Gasteiger partial charge in [-0.1, -0.05) is 60.7 Å². The number of carbonyl (C=O) groups is 2. The third kappa shape index (κ3) is 9.28. The molecule has 0 amide bonds. The lowest BCUT2D eigenvalue weighted by Crippen LogP contribution is -2.13. The molecule has 9 aromatic rings. The van der Waals surface area contributed by atoms with E-state index in [9.17, 15) is 18.4 Å². The van der Waals surface area contributed by atoms with Gasteiger partial charge in [0.2, 0.25) is 0 Å². The van der Waals surface area contributed by atoms with Gasteiger partial charge in [-0.2, -0.15) is 10.2 Å². The van der Waals surface area contributed by atoms with Crippen LogP contribution in [0.15, 0.2) is 122 Å². The first kappa shape index (κ1) is 42.4. The number of fused-ring (bicyclic) bond motifs is 1. The number of halogens is 2. The molecule has 9 rings (SSSR count). The Balaban J connectivity index is 0.000000175. The molecule has 0 radical (unpaired) electrons. The van der Waals surface area contributed by atoms with Gasteiger partial charge in [0.1, 0.15) is 34.7 Å². The molecule has 2 aromatic carbocycles. The van der Waals surface area contributed by atoms with E-state index < -0.39 is 11.6 Å². The second-order valence-corrected chi connectivity index (χ2v) is 14.8. The van der Waals surface area contributed by atoms with E-state index in [1.165, 1.54) is 20.1 Å². The topological polar surface area (TPSA) is 188 Å². The Bertz CT molecular complexity index is 3180. The van der Waals surface area contributed by atoms with Gasteiger partial charge in [-0.05, 0) is 49.2 Å². The fraction of sp³-hybridized carbons (Fsp3) is 0.149. The largest absolute Gasteiger partial charge is 0.304 e. The number of aromatic nitrogens is 12. The Morgan fingerprint density at radius 1 is 0.641 bits per heavy atom. The summed E-state index contributed by atoms with van der Waals surface area (Å²) >= 11 is 0. The van der Waals surface area contributed by atoms with Crippen LogP contribution < -0.4 is 0 Å². The molecule has 0 saturated carbocycles. The highest BCUT2D eigenvalue weighted by Crippen LogP contribution is 2.26. The molecule has 0 atom stereocenters. The quantitative estimate of drug-likeness (QED) is 0.0966. The first-order valence-electron chi connectivity index (χ1n) is 20.0. The van der Waals surface area contributed by atoms with Crippen molar-refractivity contribution in [2.75, 3.05) is 0 Å². The maximum Gasteiger partial charge on any atom is 0.186 e. The molecule has 0 aliphatic heterocycles. The van der Waals surface area contributed by atoms with Crippen molar-refractivity contribution in [1.82, 2.24) is 59.1 Å². The van der Waals surface area contributed by atoms with E-state index in [-0.39, 0.29) is 42.0 Å². The summed E-state index contributed by atoms with van der Waals surface area (Å²) in [6, 6.07) is 25.3. The lowest BCUT2D eigenvalue weighted by atomic mass is 10.0. The molecule has 0 spiro atoms. The van der Waals surface area contributed by atoms with Gasteiger partial charge in [-0.15, -0.1) is 5.10 Å². The Hall–Kier alpha value is -8.34. The van der Waals surface area contributed by atoms with Crippen LogP contribution in [0.3, 0.4) is 0 Å². The van der Waals surface area contributed by atoms with E-state index in [1.807, 2.05) is 60.7 Å². The van der Waals surface area contributed by atoms with Crippen molar-refractivity contribution >= 4 is 22.9 Å². The Morgan fingerprint density at radius 2 is 1.19 bits per heavy atom. The van der Waals surface area contributed by atoms with E-state index >= 15 is 0 Å². The van der Waals surface area contributed by atoms with Crippen LogP contribution in [-0.2, 0) is 33.4 Å². The van der Waals surface area contributed by atoms with Gasteiger partial charge in [0.25, 0.3) is 0 Å². The molecule has 0 unspecified atom stereocenters. The summed E-state index contributed by atoms with van der Waals surface area (Å²) in [6.07, 6.45) is 8.69. The third-order valence-electron chi connectivity index (χ3n) is 10.2. The molecule has 0 bridgehead atoms. The summed E-state index contributed by atoms with van der Waals surface area (Å²) in [5.74, 6) is -0.00101. The minimum Gasteiger partial charge on any atom is -0.304 e. The normalized spacial score (nSPS) is 11.0. The number of ketones is 2. The Kier molecular flexibility index (Phi) is 12.1. The van der Waals surface area contributed by atoms with Crippen molar-refractivity contribution < 1.29 is 18.4 Å². The van der Waals surface area contributed by atoms with Crippen LogP contribution in [0.4, 0.5) is 8.78 Å². The molecule has 318 valence electrons. The molecule has 0 aliphatic carbocycles. The molecule has 0 fully saturated rings. The van der Waals surface area contributed by atoms with Crippen molar-refractivity contribution in [2.45, 2.75) is 33.1 Å². The van der Waals surface area contributed by atoms with E-state index in [0.717, 1.165) is 17.3 Å². The van der Waals surface area contributed by atoms with Gasteiger partial charge in [-0.25, -0.2) is 38.2 Å². The highest BCUT2D eigenvalue weighted by Gasteiger charge is 2.23. The number of hydrogen-bond acceptors (Lipinski definition) is 12. The van der Waals surface area contributed by atoms with Crippen LogP contribution in [-0.4, -0.2) is 76.4 Å². The number of benzene rings is 2. The first-order chi connectivity index (χ1) is 30.9. The summed E-state index contributed by atoms with van der Waals surface area (Å²) in [4.78, 5) is 51.9. The minimum atomic E-state index is -0.560. The standard InChI is InChI=1S/C24H21FN6O.C23H18FN7O/c1-15-27-9-8-22(30-15)19-13-29-31(2)24(19)23(32)11-17-10-18(28-14-20(17)25)12-21(26)16-6-4-3-5-7-16;1-14-25-9-8-19(27-14)17-12-26-30(2)22(17)20(32)10-16-11-21-28-23(15-6-4-3-5-7-15)29-31(21)13-18(16)24/h3-10,13-14,26H,11-12H2,1-2H3;3-9,11-13H,10H2,1-2H3. The molecule has 7 aromatic heterocycles. The Morgan fingerprint density at radius 3 is 1.75 bits per heavy atom. The van der Waals surface area contributed by atoms with E-state index in [4.69, 9.17) is 5.41 Å². The van der Waals surface area contributed by atoms with Crippen LogP contribution >= 0.6 is 0 Å². The summed E-state index contributed by atoms with van der Waals surface area (Å²) < 4.78 is 33.7. The van der Waals surface area contributed by atoms with Crippen molar-refractivity contribution in [3.8, 4) is 33.9 Å². The van der Waals surface area contributed by atoms with Crippen molar-refractivity contribution in [3.05, 3.63) is 179 Å². The van der Waals surface area contributed by atoms with Crippen LogP contribution in [0.25, 0.3) is 39.5 Å². The number of carbonyl (C=O) groups excluding carboxylic acids is 2. The number of nitrogens with zero attached hydrogens (tertiary/aromatic N) is 12. The average molecular weight is 856 g/mol. The number of rotatable bonds is 12. The first-order valence-corrected chi connectivity index (χ1v) is 20.0. The number of Topliss-reactive ketones (excluding diaryl/α,β-unsaturated/α-hetero) is 2. The lowest BCUT2D eigenvalue weighted by Gasteiger charge is -2.09. The molecular weight excluding hydrogens is 817 g/mol. The smallest absolute Gasteiger partial charge is 0.186 e. The zero-order valence-corrected chi connectivity index (χ0v) is 35.1. The average Bonchev–Trinajstić information content (AvgIpc) is 4.02. The van der Waals surface area contributed by atoms with Crippen LogP contribution in [0.5, 0.6) is 0 Å². The predicted molar refractivity (Wildman–Crippen MR) is 234 cm³/mol. The lowest BCUT2D eigenvalue weighted by molar-refractivity contribution is 0.0975. The van der Waals surface area contributed by atoms with Crippen molar-refractivity contribution in [2.24, 2.45) is 14.1 Å². The number of hydrogen-bond donors (Lipinski definition) is 1. The SMILES string of the molecule is Cc1nccc(-c2cnn(C)c2C(=O)Cc2cc(CC(=N)c3ccccc3)ncc2F)n1.Cc1nccc(-c2cnn(C)c2C(=O)Cc2cc3nc(-c4ccccc4)nn3cc2F)n1. The minimum absolute atomic E-state index is 0.146. The van der Waals surface area contributed by atoms with E-state index in [2.05, 4.69) is 45.2 Å². The Labute approximate surface area is 365 Å². The summed E-state index contributed by atoms with van der Waals surface area (Å²) in [5, 5.41) is 21.0. The van der Waals surface area contributed by atoms with Gasteiger partial charge < -0.3 is 5.41 Å². The molecule has 15 nitrogen and oxygen atoms in total. The fourth-order valence-corrected chi connectivity index (χ4v) is 7.11. The van der Waals surface area contributed by atoms with Gasteiger partial charge in [0.15, 0.2) is 23.0 Å². The zero-order valence-electron chi connectivity index (χ0n) is 35.1. The third-order valence-corrected chi connectivity index (χ3v) is 10.2. The summed E-state index contributed by atoms with van der Waals surface area (Å²) in [5.41, 5.74) is 6.46. The highest BCUT2D eigenvalue weighted by molar-refractivity contribution is 6.02. The van der Waals surface area contributed by atoms with Gasteiger partial charge in [0.05, 0.1) is 36.2 Å². The molecule has 64 heavy (non-hydrogen) atoms. The van der Waals surface area contributed by atoms with Crippen LogP contribution in [0.1, 0.15) is 55.0 Å². The van der Waals surface area contributed by atoms with Crippen molar-refractivity contribution in [1.29, 1.82) is 5.41 Å². The molecular formula is C47H39F2N13O2. The monoisotopic (exact) mass is 855 g/mol. The maximum absolute atomic E-state index is 14.8. The molecule has 0 saturated heterocycles. The number of aryl methyl sites for hydroxylation is 4. The van der Waals surface area contributed by atoms with Gasteiger partial charge in [0, 0.05) is 79.4 Å². The summed E-state index contributed by atoms with van der Waals surface area (Å²) in [7, 11) is 3.34. The van der Waals surface area contributed by atoms with Crippen LogP contribution in [0, 0.1) is 30.9 Å². The zero-order chi connectivity index (χ0) is 44.9. The molecule has 1 N–H and O–H groups in total. The van der Waals surface area contributed by atoms with E-state index in [1.54, 1.807) is 77.0 Å². The van der Waals surface area contributed by atoms with E-state index in [0.29, 0.717) is 68.4 Å². The second kappa shape index (κ2) is 18.3. The van der Waals surface area contributed by atoms with Crippen LogP contribution in [0.2, 0.25) is 0 Å². The summed E-state index contributed by atoms with van der Waals surface area (Å²) in [6.45, 7) is 3.54. The van der Waals surface area contributed by atoms with Gasteiger partial charge >= 0.3 is 0 Å². The molecule has 7 heterocycles. The molecule has 0 aliphatic rings. The highest BCUT2D eigenvalue weighted by atomic mass is 19.1. The fourth-order valence-electron chi connectivity index (χ4n) is 7.11. The molecule has 17 heteroatoms. The van der Waals surface area contributed by atoms with Gasteiger partial charge in [-0.3, -0.25) is 23.9 Å². The van der Waals surface area contributed by atoms with Crippen molar-refractivity contribution in [3.63, 3.8) is 0 Å².